The summed E-state index contributed by atoms with van der Waals surface area (Å²) in [4.78, 5) is 19.1. The van der Waals surface area contributed by atoms with Gasteiger partial charge in [-0.15, -0.1) is 0 Å². The quantitative estimate of drug-likeness (QED) is 0.708. The Morgan fingerprint density at radius 1 is 1.32 bits per heavy atom. The minimum absolute atomic E-state index is 0.319. The number of nitrogens with one attached hydrogen (secondary N) is 1. The summed E-state index contributed by atoms with van der Waals surface area (Å²) in [6, 6.07) is 10.7. The van der Waals surface area contributed by atoms with Crippen LogP contribution < -0.4 is 5.32 Å². The molecule has 1 saturated heterocycles. The van der Waals surface area contributed by atoms with Crippen molar-refractivity contribution >= 4 is 22.6 Å². The maximum absolute atomic E-state index is 12.5. The number of aromatic nitrogens is 2. The molecule has 0 bridgehead atoms. The van der Waals surface area contributed by atoms with Crippen molar-refractivity contribution in [3.63, 3.8) is 0 Å². The zero-order valence-corrected chi connectivity index (χ0v) is 15.7. The maximum Gasteiger partial charge on any atom is 0.260 e. The first-order valence-electron chi connectivity index (χ1n) is 8.74. The van der Waals surface area contributed by atoms with E-state index in [4.69, 9.17) is 14.4 Å². The van der Waals surface area contributed by atoms with Crippen LogP contribution in [-0.4, -0.2) is 46.5 Å². The van der Waals surface area contributed by atoms with E-state index in [0.717, 1.165) is 30.2 Å². The Balaban J connectivity index is 1.40. The van der Waals surface area contributed by atoms with Crippen LogP contribution >= 0.6 is 11.5 Å². The summed E-state index contributed by atoms with van der Waals surface area (Å²) >= 11 is 1.15. The number of nitrogens with zero attached hydrogens (tertiary/aromatic N) is 4. The number of amides is 1. The summed E-state index contributed by atoms with van der Waals surface area (Å²) in [7, 11) is 0. The molecule has 0 saturated carbocycles. The van der Waals surface area contributed by atoms with E-state index in [0.29, 0.717) is 47.6 Å². The molecule has 9 heteroatoms. The molecule has 1 fully saturated rings. The molecule has 1 amide bonds. The highest BCUT2D eigenvalue weighted by molar-refractivity contribution is 7.09. The Morgan fingerprint density at radius 3 is 3.00 bits per heavy atom. The average Bonchev–Trinajstić information content (AvgIpc) is 3.39. The Hall–Kier alpha value is -3.06. The Morgan fingerprint density at radius 2 is 2.18 bits per heavy atom. The number of nitriles is 1. The lowest BCUT2D eigenvalue weighted by Gasteiger charge is -2.25. The fourth-order valence-corrected chi connectivity index (χ4v) is 3.42. The third-order valence-corrected chi connectivity index (χ3v) is 4.96. The molecule has 2 aromatic heterocycles. The van der Waals surface area contributed by atoms with Gasteiger partial charge in [-0.25, -0.2) is 4.98 Å². The van der Waals surface area contributed by atoms with Crippen molar-refractivity contribution in [2.24, 2.45) is 0 Å². The minimum Gasteiger partial charge on any atom is -0.464 e. The molecule has 142 valence electrons. The van der Waals surface area contributed by atoms with E-state index in [1.165, 1.54) is 6.26 Å². The van der Waals surface area contributed by atoms with E-state index in [1.807, 2.05) is 6.07 Å². The monoisotopic (exact) mass is 395 g/mol. The lowest BCUT2D eigenvalue weighted by molar-refractivity contribution is 0.0332. The highest BCUT2D eigenvalue weighted by atomic mass is 32.1. The third kappa shape index (κ3) is 4.26. The van der Waals surface area contributed by atoms with Gasteiger partial charge >= 0.3 is 0 Å². The van der Waals surface area contributed by atoms with Crippen molar-refractivity contribution in [2.75, 3.05) is 31.6 Å². The number of ether oxygens (including phenoxy) is 1. The molecular weight excluding hydrogens is 378 g/mol. The van der Waals surface area contributed by atoms with Crippen LogP contribution in [0.3, 0.4) is 0 Å². The van der Waals surface area contributed by atoms with Gasteiger partial charge in [0, 0.05) is 30.2 Å². The number of benzene rings is 1. The van der Waals surface area contributed by atoms with Gasteiger partial charge in [-0.1, -0.05) is 12.1 Å². The molecule has 0 unspecified atom stereocenters. The van der Waals surface area contributed by atoms with Crippen molar-refractivity contribution < 1.29 is 13.9 Å². The van der Waals surface area contributed by atoms with Gasteiger partial charge in [0.15, 0.2) is 5.82 Å². The first kappa shape index (κ1) is 18.3. The zero-order valence-electron chi connectivity index (χ0n) is 14.9. The molecule has 1 aromatic carbocycles. The number of morpholine rings is 1. The minimum atomic E-state index is -0.319. The highest BCUT2D eigenvalue weighted by Gasteiger charge is 2.16. The Kier molecular flexibility index (Phi) is 5.43. The predicted octanol–water partition coefficient (Wildman–Crippen LogP) is 2.75. The van der Waals surface area contributed by atoms with Crippen LogP contribution in [0.5, 0.6) is 0 Å². The predicted molar refractivity (Wildman–Crippen MR) is 103 cm³/mol. The molecule has 1 aliphatic heterocycles. The van der Waals surface area contributed by atoms with E-state index in [-0.39, 0.29) is 5.91 Å². The molecule has 0 atom stereocenters. The van der Waals surface area contributed by atoms with Crippen LogP contribution in [0.1, 0.15) is 21.7 Å². The second-order valence-corrected chi connectivity index (χ2v) is 7.00. The number of furan rings is 1. The standard InChI is InChI=1S/C19H17N5O3S/c20-10-13-2-1-3-14(8-13)16-9-15(12-27-16)18(25)22-19-21-17(23-28-19)11-24-4-6-26-7-5-24/h1-3,8-9,12H,4-7,11H2,(H,21,22,23,25). The SMILES string of the molecule is N#Cc1cccc(-c2cc(C(=O)Nc3nc(CN4CCOCC4)ns3)co2)c1. The van der Waals surface area contributed by atoms with Crippen LogP contribution in [0.25, 0.3) is 11.3 Å². The summed E-state index contributed by atoms with van der Waals surface area (Å²) in [6.45, 7) is 3.78. The smallest absolute Gasteiger partial charge is 0.260 e. The molecule has 8 nitrogen and oxygen atoms in total. The number of carbonyl (C=O) groups excluding carboxylic acids is 1. The van der Waals surface area contributed by atoms with Gasteiger partial charge < -0.3 is 9.15 Å². The van der Waals surface area contributed by atoms with Crippen LogP contribution in [0.2, 0.25) is 0 Å². The molecular formula is C19H17N5O3S. The number of anilines is 1. The molecule has 3 aromatic rings. The van der Waals surface area contributed by atoms with E-state index >= 15 is 0 Å². The largest absolute Gasteiger partial charge is 0.464 e. The summed E-state index contributed by atoms with van der Waals surface area (Å²) in [5.41, 5.74) is 1.64. The van der Waals surface area contributed by atoms with Crippen molar-refractivity contribution in [3.8, 4) is 17.4 Å². The molecule has 0 radical (unpaired) electrons. The van der Waals surface area contributed by atoms with Crippen LogP contribution in [0, 0.1) is 11.3 Å². The summed E-state index contributed by atoms with van der Waals surface area (Å²) in [5.74, 6) is 0.886. The summed E-state index contributed by atoms with van der Waals surface area (Å²) < 4.78 is 15.1. The Bertz CT molecular complexity index is 1020. The molecule has 0 spiro atoms. The van der Waals surface area contributed by atoms with Crippen LogP contribution in [-0.2, 0) is 11.3 Å². The van der Waals surface area contributed by atoms with Crippen molar-refractivity contribution in [3.05, 3.63) is 53.5 Å². The van der Waals surface area contributed by atoms with Gasteiger partial charge in [0.2, 0.25) is 5.13 Å². The van der Waals surface area contributed by atoms with E-state index < -0.39 is 0 Å². The average molecular weight is 395 g/mol. The summed E-state index contributed by atoms with van der Waals surface area (Å²) in [5, 5.41) is 12.2. The molecule has 4 rings (SSSR count). The third-order valence-electron chi connectivity index (χ3n) is 4.30. The van der Waals surface area contributed by atoms with Gasteiger partial charge in [0.05, 0.1) is 37.0 Å². The van der Waals surface area contributed by atoms with Crippen molar-refractivity contribution in [1.82, 2.24) is 14.3 Å². The first-order valence-corrected chi connectivity index (χ1v) is 9.52. The van der Waals surface area contributed by atoms with Crippen LogP contribution in [0.4, 0.5) is 5.13 Å². The topological polar surface area (TPSA) is 104 Å². The second kappa shape index (κ2) is 8.31. The van der Waals surface area contributed by atoms with Crippen LogP contribution in [0.15, 0.2) is 41.0 Å². The summed E-state index contributed by atoms with van der Waals surface area (Å²) in [6.07, 6.45) is 1.39. The fourth-order valence-electron chi connectivity index (χ4n) is 2.85. The lowest BCUT2D eigenvalue weighted by atomic mass is 10.1. The van der Waals surface area contributed by atoms with E-state index in [2.05, 4.69) is 25.6 Å². The molecule has 0 aliphatic carbocycles. The van der Waals surface area contributed by atoms with Crippen molar-refractivity contribution in [1.29, 1.82) is 5.26 Å². The van der Waals surface area contributed by atoms with Gasteiger partial charge in [-0.05, 0) is 18.2 Å². The van der Waals surface area contributed by atoms with Crippen molar-refractivity contribution in [2.45, 2.75) is 6.54 Å². The Labute approximate surface area is 165 Å². The normalized spacial score (nSPS) is 14.5. The second-order valence-electron chi connectivity index (χ2n) is 6.25. The van der Waals surface area contributed by atoms with Gasteiger partial charge in [0.1, 0.15) is 12.0 Å². The number of hydrogen-bond donors (Lipinski definition) is 1. The number of hydrogen-bond acceptors (Lipinski definition) is 8. The highest BCUT2D eigenvalue weighted by Crippen LogP contribution is 2.24. The fraction of sp³-hybridized carbons (Fsp3) is 0.263. The van der Waals surface area contributed by atoms with Gasteiger partial charge in [-0.2, -0.15) is 9.64 Å². The molecule has 1 aliphatic rings. The lowest BCUT2D eigenvalue weighted by Crippen LogP contribution is -2.35. The molecule has 1 N–H and O–H groups in total. The number of carbonyl (C=O) groups is 1. The van der Waals surface area contributed by atoms with Gasteiger partial charge in [-0.3, -0.25) is 15.0 Å². The molecule has 28 heavy (non-hydrogen) atoms. The molecule has 3 heterocycles. The number of rotatable bonds is 5. The van der Waals surface area contributed by atoms with E-state index in [1.54, 1.807) is 24.3 Å². The maximum atomic E-state index is 12.5. The van der Waals surface area contributed by atoms with Gasteiger partial charge in [0.25, 0.3) is 5.91 Å². The first-order chi connectivity index (χ1) is 13.7. The van der Waals surface area contributed by atoms with E-state index in [9.17, 15) is 4.79 Å². The zero-order chi connectivity index (χ0) is 19.3.